The fourth-order valence-corrected chi connectivity index (χ4v) is 3.33. The molecule has 6 nitrogen and oxygen atoms in total. The van der Waals surface area contributed by atoms with Crippen molar-refractivity contribution in [2.45, 2.75) is 24.9 Å². The zero-order valence-electron chi connectivity index (χ0n) is 14.5. The van der Waals surface area contributed by atoms with E-state index < -0.39 is 23.7 Å². The van der Waals surface area contributed by atoms with Crippen molar-refractivity contribution >= 4 is 11.9 Å². The molecule has 0 bridgehead atoms. The minimum absolute atomic E-state index is 0.0719. The second-order valence-corrected chi connectivity index (χ2v) is 6.56. The van der Waals surface area contributed by atoms with Gasteiger partial charge in [-0.15, -0.1) is 0 Å². The zero-order valence-corrected chi connectivity index (χ0v) is 14.5. The van der Waals surface area contributed by atoms with Crippen molar-refractivity contribution in [3.05, 3.63) is 52.8 Å². The lowest BCUT2D eigenvalue weighted by Gasteiger charge is -2.33. The van der Waals surface area contributed by atoms with Crippen LogP contribution < -0.4 is 0 Å². The Morgan fingerprint density at radius 3 is 2.63 bits per heavy atom. The highest BCUT2D eigenvalue weighted by atomic mass is 19.4. The summed E-state index contributed by atoms with van der Waals surface area (Å²) in [7, 11) is 1.31. The van der Waals surface area contributed by atoms with Crippen LogP contribution in [0.3, 0.4) is 0 Å². The Bertz CT molecular complexity index is 876. The number of piperidine rings is 1. The van der Waals surface area contributed by atoms with Gasteiger partial charge in [0.1, 0.15) is 5.69 Å². The van der Waals surface area contributed by atoms with Crippen molar-refractivity contribution in [3.63, 3.8) is 0 Å². The minimum atomic E-state index is -4.61. The van der Waals surface area contributed by atoms with Crippen molar-refractivity contribution in [3.8, 4) is 0 Å². The lowest BCUT2D eigenvalue weighted by atomic mass is 9.89. The van der Waals surface area contributed by atoms with E-state index in [-0.39, 0.29) is 17.2 Å². The lowest BCUT2D eigenvalue weighted by molar-refractivity contribution is -0.141. The molecule has 2 heterocycles. The van der Waals surface area contributed by atoms with Crippen molar-refractivity contribution in [1.29, 1.82) is 0 Å². The topological polar surface area (TPSA) is 75.4 Å². The smallest absolute Gasteiger partial charge is 0.435 e. The Morgan fingerprint density at radius 1 is 1.26 bits per heavy atom. The molecule has 1 amide bonds. The molecule has 0 spiro atoms. The van der Waals surface area contributed by atoms with Gasteiger partial charge in [-0.3, -0.25) is 9.48 Å². The van der Waals surface area contributed by atoms with Gasteiger partial charge in [0, 0.05) is 32.1 Å². The maximum absolute atomic E-state index is 12.8. The van der Waals surface area contributed by atoms with Gasteiger partial charge < -0.3 is 10.0 Å². The predicted molar refractivity (Wildman–Crippen MR) is 89.5 cm³/mol. The molecule has 1 aliphatic heterocycles. The number of benzene rings is 1. The van der Waals surface area contributed by atoms with Gasteiger partial charge in [-0.05, 0) is 30.5 Å². The highest BCUT2D eigenvalue weighted by molar-refractivity contribution is 5.93. The Hall–Kier alpha value is -2.84. The summed E-state index contributed by atoms with van der Waals surface area (Å²) in [5, 5.41) is 12.5. The molecule has 0 radical (unpaired) electrons. The van der Waals surface area contributed by atoms with Crippen molar-refractivity contribution in [1.82, 2.24) is 14.7 Å². The number of aryl methyl sites for hydroxylation is 1. The number of aromatic nitrogens is 2. The molecule has 1 aromatic carbocycles. The number of nitrogens with zero attached hydrogens (tertiary/aromatic N) is 3. The molecule has 9 heteroatoms. The molecule has 1 saturated heterocycles. The van der Waals surface area contributed by atoms with Crippen LogP contribution in [0, 0.1) is 0 Å². The van der Waals surface area contributed by atoms with E-state index in [2.05, 4.69) is 5.10 Å². The number of carboxylic acid groups (broad SMARTS) is 1. The number of likely N-dealkylation sites (tertiary alicyclic amines) is 1. The summed E-state index contributed by atoms with van der Waals surface area (Å²) in [6, 6.07) is 7.28. The summed E-state index contributed by atoms with van der Waals surface area (Å²) in [5.41, 5.74) is -0.260. The summed E-state index contributed by atoms with van der Waals surface area (Å²) in [5.74, 6) is -1.62. The number of rotatable bonds is 3. The van der Waals surface area contributed by atoms with Crippen LogP contribution in [0.15, 0.2) is 30.3 Å². The van der Waals surface area contributed by atoms with Crippen LogP contribution in [0.4, 0.5) is 13.2 Å². The number of carbonyl (C=O) groups excluding carboxylic acids is 1. The first-order chi connectivity index (χ1) is 12.7. The van der Waals surface area contributed by atoms with Crippen LogP contribution in [0.5, 0.6) is 0 Å². The van der Waals surface area contributed by atoms with E-state index in [0.29, 0.717) is 19.5 Å². The molecule has 1 atom stereocenters. The van der Waals surface area contributed by atoms with E-state index in [1.54, 1.807) is 18.2 Å². The van der Waals surface area contributed by atoms with Crippen LogP contribution >= 0.6 is 0 Å². The Morgan fingerprint density at radius 2 is 2.00 bits per heavy atom. The highest BCUT2D eigenvalue weighted by Crippen LogP contribution is 2.31. The maximum atomic E-state index is 12.8. The van der Waals surface area contributed by atoms with E-state index in [1.165, 1.54) is 18.0 Å². The van der Waals surface area contributed by atoms with E-state index in [1.807, 2.05) is 0 Å². The number of halogens is 3. The van der Waals surface area contributed by atoms with Crippen LogP contribution in [0.25, 0.3) is 0 Å². The quantitative estimate of drug-likeness (QED) is 0.886. The van der Waals surface area contributed by atoms with Gasteiger partial charge in [-0.2, -0.15) is 18.3 Å². The fourth-order valence-electron chi connectivity index (χ4n) is 3.33. The number of amides is 1. The molecule has 1 N–H and O–H groups in total. The molecular weight excluding hydrogens is 363 g/mol. The third-order valence-corrected chi connectivity index (χ3v) is 4.70. The van der Waals surface area contributed by atoms with Gasteiger partial charge in [-0.1, -0.05) is 12.1 Å². The second-order valence-electron chi connectivity index (χ2n) is 6.56. The molecule has 1 fully saturated rings. The van der Waals surface area contributed by atoms with Gasteiger partial charge in [0.2, 0.25) is 0 Å². The van der Waals surface area contributed by atoms with Crippen LogP contribution in [0.1, 0.15) is 50.9 Å². The highest BCUT2D eigenvalue weighted by Gasteiger charge is 2.36. The van der Waals surface area contributed by atoms with Gasteiger partial charge in [0.15, 0.2) is 5.69 Å². The van der Waals surface area contributed by atoms with Gasteiger partial charge in [0.05, 0.1) is 5.56 Å². The number of hydrogen-bond donors (Lipinski definition) is 1. The van der Waals surface area contributed by atoms with E-state index in [0.717, 1.165) is 22.7 Å². The number of carboxylic acids is 1. The van der Waals surface area contributed by atoms with Gasteiger partial charge in [-0.25, -0.2) is 4.79 Å². The predicted octanol–water partition coefficient (Wildman–Crippen LogP) is 3.16. The zero-order chi connectivity index (χ0) is 19.8. The summed E-state index contributed by atoms with van der Waals surface area (Å²) < 4.78 is 39.4. The molecule has 3 rings (SSSR count). The first kappa shape index (κ1) is 18.9. The summed E-state index contributed by atoms with van der Waals surface area (Å²) in [4.78, 5) is 25.4. The van der Waals surface area contributed by atoms with Crippen molar-refractivity contribution in [2.24, 2.45) is 7.05 Å². The molecule has 1 aliphatic rings. The summed E-state index contributed by atoms with van der Waals surface area (Å²) in [6.07, 6.45) is -3.16. The minimum Gasteiger partial charge on any atom is -0.478 e. The standard InChI is InChI=1S/C18H18F3N3O3/c1-23-14(9-15(22-23)18(19,20)21)16(25)24-7-3-6-13(10-24)11-4-2-5-12(8-11)17(26)27/h2,4-5,8-9,13H,3,6-7,10H2,1H3,(H,26,27)/t13-/m0/s1. The molecule has 0 aliphatic carbocycles. The average molecular weight is 381 g/mol. The Kier molecular flexibility index (Phi) is 4.95. The molecule has 0 saturated carbocycles. The Balaban J connectivity index is 1.80. The molecule has 2 aromatic rings. The monoisotopic (exact) mass is 381 g/mol. The third kappa shape index (κ3) is 3.96. The largest absolute Gasteiger partial charge is 0.478 e. The van der Waals surface area contributed by atoms with Gasteiger partial charge in [0.25, 0.3) is 5.91 Å². The molecular formula is C18H18F3N3O3. The second kappa shape index (κ2) is 7.05. The lowest BCUT2D eigenvalue weighted by Crippen LogP contribution is -2.39. The number of aromatic carboxylic acids is 1. The Labute approximate surface area is 153 Å². The number of carbonyl (C=O) groups is 2. The fraction of sp³-hybridized carbons (Fsp3) is 0.389. The number of hydrogen-bond acceptors (Lipinski definition) is 3. The first-order valence-corrected chi connectivity index (χ1v) is 8.40. The normalized spacial score (nSPS) is 17.8. The molecule has 27 heavy (non-hydrogen) atoms. The summed E-state index contributed by atoms with van der Waals surface area (Å²) in [6.45, 7) is 0.745. The maximum Gasteiger partial charge on any atom is 0.435 e. The van der Waals surface area contributed by atoms with Crippen molar-refractivity contribution in [2.75, 3.05) is 13.1 Å². The van der Waals surface area contributed by atoms with Crippen molar-refractivity contribution < 1.29 is 27.9 Å². The van der Waals surface area contributed by atoms with E-state index in [4.69, 9.17) is 5.11 Å². The SMILES string of the molecule is Cn1nc(C(F)(F)F)cc1C(=O)N1CCC[C@H](c2cccc(C(=O)O)c2)C1. The van der Waals surface area contributed by atoms with Crippen LogP contribution in [-0.2, 0) is 13.2 Å². The third-order valence-electron chi connectivity index (χ3n) is 4.70. The molecule has 0 unspecified atom stereocenters. The van der Waals surface area contributed by atoms with E-state index in [9.17, 15) is 22.8 Å². The van der Waals surface area contributed by atoms with Gasteiger partial charge >= 0.3 is 12.1 Å². The van der Waals surface area contributed by atoms with Crippen LogP contribution in [0.2, 0.25) is 0 Å². The van der Waals surface area contributed by atoms with Crippen LogP contribution in [-0.4, -0.2) is 44.8 Å². The number of alkyl halides is 3. The summed E-state index contributed by atoms with van der Waals surface area (Å²) >= 11 is 0. The first-order valence-electron chi connectivity index (χ1n) is 8.40. The average Bonchev–Trinajstić information content (AvgIpc) is 3.03. The molecule has 144 valence electrons. The molecule has 1 aromatic heterocycles. The van der Waals surface area contributed by atoms with E-state index >= 15 is 0 Å².